The molecule has 1 aliphatic carbocycles. The first-order chi connectivity index (χ1) is 34.1. The Bertz CT molecular complexity index is 2740. The van der Waals surface area contributed by atoms with Crippen molar-refractivity contribution in [2.75, 3.05) is 37.9 Å². The van der Waals surface area contributed by atoms with Crippen LogP contribution in [0, 0.1) is 0 Å². The Morgan fingerprint density at radius 2 is 1.04 bits per heavy atom. The molecule has 0 radical (unpaired) electrons. The van der Waals surface area contributed by atoms with Crippen molar-refractivity contribution in [1.82, 2.24) is 25.0 Å². The van der Waals surface area contributed by atoms with Gasteiger partial charge in [0.05, 0.1) is 31.4 Å². The van der Waals surface area contributed by atoms with Crippen LogP contribution in [0.25, 0.3) is 21.8 Å². The van der Waals surface area contributed by atoms with E-state index >= 15 is 0 Å². The standard InChI is InChI=1S/C54H57N7O9/c1-68-53(66)57-47(35-15-5-3-6-16-35)51(64)59-28-12-22-43(59)49(62)55-37-24-26-41-42-27-25-38(32-46(42)61(45(41)31-37)33-34-14-11-21-40(30-34)70-39-19-9-10-20-39)56-50(63)44-23-13-29-60(44)52(65)48(58-54(67)69-2)36-17-7-4-8-18-36/h3-8,11,14-18,21,24-27,30-32,39,43-44,47-48H,9-10,12-13,19-20,22-23,28-29,33H2,1-2H3,(H,55,62)(H,56,63)(H,57,66)(H,58,67)/t43-,44-,47+,48+/m0/s1. The fraction of sp³-hybridized carbons (Fsp3) is 0.333. The van der Waals surface area contributed by atoms with Gasteiger partial charge in [0.2, 0.25) is 11.8 Å². The van der Waals surface area contributed by atoms with Gasteiger partial charge in [-0.1, -0.05) is 84.9 Å². The number of alkyl carbamates (subject to hydrolysis) is 2. The number of nitrogens with zero attached hydrogens (tertiary/aromatic N) is 3. The van der Waals surface area contributed by atoms with Crippen molar-refractivity contribution in [1.29, 1.82) is 0 Å². The Labute approximate surface area is 405 Å². The summed E-state index contributed by atoms with van der Waals surface area (Å²) in [5, 5.41) is 13.3. The number of methoxy groups -OCH3 is 2. The van der Waals surface area contributed by atoms with E-state index in [9.17, 15) is 28.8 Å². The van der Waals surface area contributed by atoms with Crippen LogP contribution in [0.3, 0.4) is 0 Å². The highest BCUT2D eigenvalue weighted by molar-refractivity contribution is 6.11. The van der Waals surface area contributed by atoms with Crippen molar-refractivity contribution in [3.05, 3.63) is 138 Å². The third-order valence-electron chi connectivity index (χ3n) is 13.6. The van der Waals surface area contributed by atoms with Gasteiger partial charge in [-0.2, -0.15) is 0 Å². The van der Waals surface area contributed by atoms with E-state index in [0.29, 0.717) is 67.8 Å². The molecule has 0 bridgehead atoms. The predicted molar refractivity (Wildman–Crippen MR) is 264 cm³/mol. The number of anilines is 2. The highest BCUT2D eigenvalue weighted by atomic mass is 16.5. The molecule has 6 amide bonds. The summed E-state index contributed by atoms with van der Waals surface area (Å²) in [5.41, 5.74) is 4.82. The van der Waals surface area contributed by atoms with E-state index in [1.807, 2.05) is 66.7 Å². The smallest absolute Gasteiger partial charge is 0.407 e. The molecule has 5 aromatic carbocycles. The predicted octanol–water partition coefficient (Wildman–Crippen LogP) is 8.22. The molecule has 0 unspecified atom stereocenters. The summed E-state index contributed by atoms with van der Waals surface area (Å²) in [6, 6.07) is 33.6. The third kappa shape index (κ3) is 10.3. The monoisotopic (exact) mass is 947 g/mol. The van der Waals surface area contributed by atoms with Crippen molar-refractivity contribution in [3.63, 3.8) is 0 Å². The molecule has 0 spiro atoms. The van der Waals surface area contributed by atoms with Crippen molar-refractivity contribution in [2.45, 2.75) is 88.2 Å². The lowest BCUT2D eigenvalue weighted by atomic mass is 10.0. The first kappa shape index (κ1) is 47.2. The summed E-state index contributed by atoms with van der Waals surface area (Å²) in [4.78, 5) is 84.5. The molecule has 6 aromatic rings. The first-order valence-electron chi connectivity index (χ1n) is 23.9. The molecular formula is C54H57N7O9. The summed E-state index contributed by atoms with van der Waals surface area (Å²) in [5.74, 6) is -0.729. The van der Waals surface area contributed by atoms with Gasteiger partial charge in [0.15, 0.2) is 0 Å². The zero-order valence-electron chi connectivity index (χ0n) is 39.2. The van der Waals surface area contributed by atoms with Crippen molar-refractivity contribution in [2.24, 2.45) is 0 Å². The Morgan fingerprint density at radius 1 is 0.557 bits per heavy atom. The second-order valence-corrected chi connectivity index (χ2v) is 18.0. The second kappa shape index (κ2) is 21.2. The topological polar surface area (TPSA) is 190 Å². The molecule has 9 rings (SSSR count). The summed E-state index contributed by atoms with van der Waals surface area (Å²) >= 11 is 0. The van der Waals surface area contributed by atoms with Gasteiger partial charge >= 0.3 is 12.2 Å². The van der Waals surface area contributed by atoms with E-state index in [4.69, 9.17) is 14.2 Å². The van der Waals surface area contributed by atoms with E-state index in [1.54, 1.807) is 48.5 Å². The molecule has 4 atom stereocenters. The van der Waals surface area contributed by atoms with Gasteiger partial charge in [0, 0.05) is 41.8 Å². The normalized spacial score (nSPS) is 17.7. The van der Waals surface area contributed by atoms with Crippen molar-refractivity contribution < 1.29 is 43.0 Å². The zero-order chi connectivity index (χ0) is 48.7. The molecule has 16 heteroatoms. The van der Waals surface area contributed by atoms with E-state index in [1.165, 1.54) is 24.0 Å². The molecule has 1 saturated carbocycles. The van der Waals surface area contributed by atoms with Crippen molar-refractivity contribution >= 4 is 69.0 Å². The molecule has 3 fully saturated rings. The van der Waals surface area contributed by atoms with E-state index < -0.39 is 48.2 Å². The molecule has 2 aliphatic heterocycles. The largest absolute Gasteiger partial charge is 0.490 e. The van der Waals surface area contributed by atoms with Crippen LogP contribution in [0.5, 0.6) is 5.75 Å². The van der Waals surface area contributed by atoms with Crippen LogP contribution in [0.2, 0.25) is 0 Å². The molecule has 362 valence electrons. The second-order valence-electron chi connectivity index (χ2n) is 18.0. The highest BCUT2D eigenvalue weighted by Gasteiger charge is 2.40. The Balaban J connectivity index is 1.00. The van der Waals surface area contributed by atoms with Crippen LogP contribution in [0.15, 0.2) is 121 Å². The number of rotatable bonds is 14. The molecule has 3 heterocycles. The van der Waals surface area contributed by atoms with Gasteiger partial charge in [0.1, 0.15) is 29.9 Å². The molecule has 3 aliphatic rings. The number of likely N-dealkylation sites (tertiary alicyclic amines) is 2. The number of amides is 6. The van der Waals surface area contributed by atoms with Gasteiger partial charge in [0.25, 0.3) is 11.8 Å². The molecule has 1 aromatic heterocycles. The Hall–Kier alpha value is -7.88. The summed E-state index contributed by atoms with van der Waals surface area (Å²) in [6.45, 7) is 1.11. The maximum atomic E-state index is 14.2. The number of hydrogen-bond acceptors (Lipinski definition) is 9. The fourth-order valence-corrected chi connectivity index (χ4v) is 10.1. The average molecular weight is 948 g/mol. The SMILES string of the molecule is COC(=O)N[C@@H](C(=O)N1CCC[C@H]1C(=O)Nc1ccc2c3ccc(NC(=O)[C@@H]4CCCN4C(=O)[C@H](NC(=O)OC)c4ccccc4)cc3n(Cc3cccc(OC4CCCC4)c3)c2c1)c1ccccc1. The summed E-state index contributed by atoms with van der Waals surface area (Å²) in [6.07, 6.45) is 5.10. The lowest BCUT2D eigenvalue weighted by molar-refractivity contribution is -0.138. The summed E-state index contributed by atoms with van der Waals surface area (Å²) in [7, 11) is 2.47. The molecule has 2 saturated heterocycles. The maximum Gasteiger partial charge on any atom is 0.407 e. The lowest BCUT2D eigenvalue weighted by Gasteiger charge is -2.28. The number of fused-ring (bicyclic) bond motifs is 3. The Morgan fingerprint density at radius 3 is 1.51 bits per heavy atom. The fourth-order valence-electron chi connectivity index (χ4n) is 10.1. The van der Waals surface area contributed by atoms with E-state index in [2.05, 4.69) is 31.9 Å². The quantitative estimate of drug-likeness (QED) is 0.0834. The maximum absolute atomic E-state index is 14.2. The first-order valence-corrected chi connectivity index (χ1v) is 23.9. The van der Waals surface area contributed by atoms with Crippen LogP contribution in [-0.2, 0) is 35.2 Å². The number of hydrogen-bond donors (Lipinski definition) is 4. The average Bonchev–Trinajstić information content (AvgIpc) is 4.24. The van der Waals surface area contributed by atoms with Crippen LogP contribution in [-0.4, -0.2) is 95.7 Å². The number of benzene rings is 5. The van der Waals surface area contributed by atoms with Gasteiger partial charge < -0.3 is 49.8 Å². The molecule has 4 N–H and O–H groups in total. The number of ether oxygens (including phenoxy) is 3. The number of nitrogens with one attached hydrogen (secondary N) is 4. The summed E-state index contributed by atoms with van der Waals surface area (Å²) < 4.78 is 18.2. The minimum Gasteiger partial charge on any atom is -0.490 e. The zero-order valence-corrected chi connectivity index (χ0v) is 39.2. The molecule has 16 nitrogen and oxygen atoms in total. The minimum atomic E-state index is -1.05. The van der Waals surface area contributed by atoms with E-state index in [-0.39, 0.29) is 17.9 Å². The van der Waals surface area contributed by atoms with Crippen LogP contribution in [0.1, 0.15) is 80.1 Å². The van der Waals surface area contributed by atoms with Gasteiger partial charge in [-0.05, 0) is 104 Å². The lowest BCUT2D eigenvalue weighted by Crippen LogP contribution is -2.48. The van der Waals surface area contributed by atoms with Gasteiger partial charge in [-0.25, -0.2) is 9.59 Å². The van der Waals surface area contributed by atoms with Crippen LogP contribution in [0.4, 0.5) is 21.0 Å². The van der Waals surface area contributed by atoms with Crippen molar-refractivity contribution in [3.8, 4) is 5.75 Å². The molecule has 70 heavy (non-hydrogen) atoms. The third-order valence-corrected chi connectivity index (χ3v) is 13.6. The highest BCUT2D eigenvalue weighted by Crippen LogP contribution is 2.35. The van der Waals surface area contributed by atoms with Gasteiger partial charge in [-0.3, -0.25) is 19.2 Å². The Kier molecular flexibility index (Phi) is 14.3. The number of carbonyl (C=O) groups is 6. The number of aromatic nitrogens is 1. The van der Waals surface area contributed by atoms with Crippen LogP contribution >= 0.6 is 0 Å². The number of carbonyl (C=O) groups excluding carboxylic acids is 6. The van der Waals surface area contributed by atoms with Crippen LogP contribution < -0.4 is 26.0 Å². The minimum absolute atomic E-state index is 0.180. The van der Waals surface area contributed by atoms with Gasteiger partial charge in [-0.15, -0.1) is 0 Å². The van der Waals surface area contributed by atoms with E-state index in [0.717, 1.165) is 58.8 Å². The molecular weight excluding hydrogens is 891 g/mol.